The summed E-state index contributed by atoms with van der Waals surface area (Å²) in [5.41, 5.74) is 16.8. The van der Waals surface area contributed by atoms with E-state index in [4.69, 9.17) is 0 Å². The van der Waals surface area contributed by atoms with Gasteiger partial charge >= 0.3 is 0 Å². The third kappa shape index (κ3) is 6.36. The van der Waals surface area contributed by atoms with Crippen LogP contribution in [-0.2, 0) is 5.41 Å². The van der Waals surface area contributed by atoms with Gasteiger partial charge in [-0.3, -0.25) is 0 Å². The number of benzene rings is 10. The van der Waals surface area contributed by atoms with Crippen molar-refractivity contribution < 1.29 is 0 Å². The van der Waals surface area contributed by atoms with Crippen molar-refractivity contribution in [2.45, 2.75) is 19.3 Å². The Hall–Kier alpha value is -7.68. The first-order chi connectivity index (χ1) is 30.0. The van der Waals surface area contributed by atoms with Crippen LogP contribution in [0.2, 0.25) is 0 Å². The molecule has 0 aliphatic heterocycles. The molecule has 61 heavy (non-hydrogen) atoms. The summed E-state index contributed by atoms with van der Waals surface area (Å²) in [4.78, 5) is 4.74. The fraction of sp³-hybridized carbons (Fsp3) is 0.0508. The molecule has 1 aliphatic rings. The second kappa shape index (κ2) is 14.9. The molecule has 1 aliphatic carbocycles. The van der Waals surface area contributed by atoms with Gasteiger partial charge in [0.15, 0.2) is 0 Å². The SMILES string of the molecule is CC1(C)c2ccccc2-c2ccc(N(c3ccc(-c4ccc(N(c5ccccc5)c5ccccc5)cc4)cc3)c3ccc4c(c3)c(-c3ccccc3)cc3ccccc34)cc21. The van der Waals surface area contributed by atoms with Gasteiger partial charge in [-0.05, 0) is 145 Å². The van der Waals surface area contributed by atoms with Crippen molar-refractivity contribution in [3.8, 4) is 33.4 Å². The molecule has 0 heterocycles. The van der Waals surface area contributed by atoms with E-state index in [0.29, 0.717) is 0 Å². The van der Waals surface area contributed by atoms with E-state index in [9.17, 15) is 0 Å². The highest BCUT2D eigenvalue weighted by Crippen LogP contribution is 2.51. The summed E-state index contributed by atoms with van der Waals surface area (Å²) in [6, 6.07) is 84.0. The van der Waals surface area contributed by atoms with Crippen LogP contribution in [-0.4, -0.2) is 0 Å². The molecule has 10 aromatic carbocycles. The molecule has 0 spiro atoms. The van der Waals surface area contributed by atoms with E-state index in [1.165, 1.54) is 66.1 Å². The second-order valence-corrected chi connectivity index (χ2v) is 16.6. The van der Waals surface area contributed by atoms with Crippen LogP contribution in [0.15, 0.2) is 231 Å². The van der Waals surface area contributed by atoms with Gasteiger partial charge in [0, 0.05) is 39.5 Å². The molecule has 0 saturated carbocycles. The molecule has 0 fully saturated rings. The molecule has 0 atom stereocenters. The van der Waals surface area contributed by atoms with Crippen LogP contribution < -0.4 is 9.80 Å². The lowest BCUT2D eigenvalue weighted by molar-refractivity contribution is 0.660. The molecule has 0 aromatic heterocycles. The minimum atomic E-state index is -0.122. The zero-order valence-electron chi connectivity index (χ0n) is 34.3. The monoisotopic (exact) mass is 780 g/mol. The van der Waals surface area contributed by atoms with E-state index in [2.05, 4.69) is 254 Å². The van der Waals surface area contributed by atoms with Crippen LogP contribution in [0.1, 0.15) is 25.0 Å². The molecular formula is C59H44N2. The lowest BCUT2D eigenvalue weighted by Gasteiger charge is -2.29. The Kier molecular flexibility index (Phi) is 8.86. The van der Waals surface area contributed by atoms with Crippen LogP contribution in [0.4, 0.5) is 34.1 Å². The topological polar surface area (TPSA) is 6.48 Å². The first-order valence-electron chi connectivity index (χ1n) is 21.2. The lowest BCUT2D eigenvalue weighted by atomic mass is 9.82. The maximum Gasteiger partial charge on any atom is 0.0468 e. The summed E-state index contributed by atoms with van der Waals surface area (Å²) >= 11 is 0. The zero-order chi connectivity index (χ0) is 40.9. The molecule has 0 amide bonds. The highest BCUT2D eigenvalue weighted by atomic mass is 15.1. The van der Waals surface area contributed by atoms with Crippen molar-refractivity contribution in [1.82, 2.24) is 0 Å². The van der Waals surface area contributed by atoms with Gasteiger partial charge < -0.3 is 9.80 Å². The standard InChI is InChI=1S/C59H44N2/c1-59(2)57-25-15-14-24-53(57)54-37-35-50(40-58(54)59)61(49-34-36-52-51-23-13-12-18-44(51)38-55(56(52)39-49)43-16-6-3-7-17-43)48-32-28-42(29-33-48)41-26-30-47(31-27-41)60(45-19-8-4-9-20-45)46-21-10-5-11-22-46/h3-40H,1-2H3. The fourth-order valence-electron chi connectivity index (χ4n) is 9.57. The van der Waals surface area contributed by atoms with E-state index in [-0.39, 0.29) is 5.41 Å². The average molecular weight is 781 g/mol. The maximum absolute atomic E-state index is 2.44. The predicted octanol–water partition coefficient (Wildman–Crippen LogP) is 16.6. The van der Waals surface area contributed by atoms with Crippen LogP contribution >= 0.6 is 0 Å². The van der Waals surface area contributed by atoms with Crippen molar-refractivity contribution in [2.75, 3.05) is 9.80 Å². The summed E-state index contributed by atoms with van der Waals surface area (Å²) in [6.45, 7) is 4.72. The van der Waals surface area contributed by atoms with Gasteiger partial charge in [0.2, 0.25) is 0 Å². The van der Waals surface area contributed by atoms with Gasteiger partial charge in [-0.15, -0.1) is 0 Å². The zero-order valence-corrected chi connectivity index (χ0v) is 34.3. The number of anilines is 6. The molecular weight excluding hydrogens is 737 g/mol. The van der Waals surface area contributed by atoms with Crippen LogP contribution in [0.3, 0.4) is 0 Å². The molecule has 2 nitrogen and oxygen atoms in total. The summed E-state index contributed by atoms with van der Waals surface area (Å²) in [6.07, 6.45) is 0. The number of para-hydroxylation sites is 2. The van der Waals surface area contributed by atoms with Crippen molar-refractivity contribution >= 4 is 55.7 Å². The van der Waals surface area contributed by atoms with E-state index < -0.39 is 0 Å². The molecule has 0 radical (unpaired) electrons. The van der Waals surface area contributed by atoms with Gasteiger partial charge in [0.25, 0.3) is 0 Å². The Labute approximate surface area is 358 Å². The van der Waals surface area contributed by atoms with Crippen molar-refractivity contribution in [3.63, 3.8) is 0 Å². The third-order valence-electron chi connectivity index (χ3n) is 12.6. The first kappa shape index (κ1) is 36.4. The van der Waals surface area contributed by atoms with E-state index in [1.807, 2.05) is 0 Å². The Morgan fingerprint density at radius 2 is 0.754 bits per heavy atom. The molecule has 2 heteroatoms. The van der Waals surface area contributed by atoms with Crippen molar-refractivity contribution in [3.05, 3.63) is 242 Å². The number of nitrogens with zero attached hydrogens (tertiary/aromatic N) is 2. The normalized spacial score (nSPS) is 12.6. The van der Waals surface area contributed by atoms with Crippen LogP contribution in [0.25, 0.3) is 54.9 Å². The van der Waals surface area contributed by atoms with E-state index >= 15 is 0 Å². The molecule has 0 bridgehead atoms. The van der Waals surface area contributed by atoms with E-state index in [1.54, 1.807) is 0 Å². The first-order valence-corrected chi connectivity index (χ1v) is 21.2. The highest BCUT2D eigenvalue weighted by molar-refractivity contribution is 6.15. The number of rotatable bonds is 8. The van der Waals surface area contributed by atoms with Gasteiger partial charge in [-0.25, -0.2) is 0 Å². The predicted molar refractivity (Wildman–Crippen MR) is 259 cm³/mol. The highest BCUT2D eigenvalue weighted by Gasteiger charge is 2.35. The van der Waals surface area contributed by atoms with E-state index in [0.717, 1.165) is 34.1 Å². The Balaban J connectivity index is 1.03. The van der Waals surface area contributed by atoms with Gasteiger partial charge in [-0.1, -0.05) is 166 Å². The molecule has 290 valence electrons. The number of hydrogen-bond acceptors (Lipinski definition) is 2. The van der Waals surface area contributed by atoms with Gasteiger partial charge in [0.1, 0.15) is 0 Å². The van der Waals surface area contributed by atoms with Gasteiger partial charge in [-0.2, -0.15) is 0 Å². The van der Waals surface area contributed by atoms with Crippen molar-refractivity contribution in [1.29, 1.82) is 0 Å². The minimum absolute atomic E-state index is 0.122. The summed E-state index contributed by atoms with van der Waals surface area (Å²) < 4.78 is 0. The summed E-state index contributed by atoms with van der Waals surface area (Å²) in [7, 11) is 0. The molecule has 0 N–H and O–H groups in total. The molecule has 0 saturated heterocycles. The number of hydrogen-bond donors (Lipinski definition) is 0. The quantitative estimate of drug-likeness (QED) is 0.142. The smallest absolute Gasteiger partial charge is 0.0468 e. The Morgan fingerprint density at radius 1 is 0.279 bits per heavy atom. The molecule has 10 aromatic rings. The van der Waals surface area contributed by atoms with Crippen LogP contribution in [0, 0.1) is 0 Å². The maximum atomic E-state index is 2.44. The average Bonchev–Trinajstić information content (AvgIpc) is 3.55. The molecule has 0 unspecified atom stereocenters. The Bertz CT molecular complexity index is 3150. The largest absolute Gasteiger partial charge is 0.311 e. The Morgan fingerprint density at radius 3 is 1.41 bits per heavy atom. The summed E-state index contributed by atoms with van der Waals surface area (Å²) in [5, 5.41) is 5.00. The van der Waals surface area contributed by atoms with Gasteiger partial charge in [0.05, 0.1) is 0 Å². The van der Waals surface area contributed by atoms with Crippen LogP contribution in [0.5, 0.6) is 0 Å². The lowest BCUT2D eigenvalue weighted by Crippen LogP contribution is -2.16. The number of fused-ring (bicyclic) bond motifs is 6. The second-order valence-electron chi connectivity index (χ2n) is 16.6. The molecule has 11 rings (SSSR count). The fourth-order valence-corrected chi connectivity index (χ4v) is 9.57. The minimum Gasteiger partial charge on any atom is -0.311 e. The van der Waals surface area contributed by atoms with Crippen molar-refractivity contribution in [2.24, 2.45) is 0 Å². The summed E-state index contributed by atoms with van der Waals surface area (Å²) in [5.74, 6) is 0. The third-order valence-corrected chi connectivity index (χ3v) is 12.6.